The summed E-state index contributed by atoms with van der Waals surface area (Å²) in [5.74, 6) is 1.14. The minimum Gasteiger partial charge on any atom is -0.367 e. The topological polar surface area (TPSA) is 72.4 Å². The predicted molar refractivity (Wildman–Crippen MR) is 98.8 cm³/mol. The molecule has 2 N–H and O–H groups in total. The van der Waals surface area contributed by atoms with Gasteiger partial charge < -0.3 is 15.2 Å². The molecular weight excluding hydrogens is 314 g/mol. The van der Waals surface area contributed by atoms with Crippen molar-refractivity contribution in [2.45, 2.75) is 52.4 Å². The van der Waals surface area contributed by atoms with Crippen molar-refractivity contribution in [3.05, 3.63) is 46.1 Å². The van der Waals surface area contributed by atoms with E-state index in [-0.39, 0.29) is 11.8 Å². The Labute approximate surface area is 149 Å². The molecule has 1 aromatic carbocycles. The molecular formula is C20H27N3O2. The van der Waals surface area contributed by atoms with Crippen molar-refractivity contribution in [3.63, 3.8) is 0 Å². The molecule has 3 rings (SSSR count). The van der Waals surface area contributed by atoms with Crippen molar-refractivity contribution in [1.82, 2.24) is 10.1 Å². The zero-order valence-corrected chi connectivity index (χ0v) is 15.5. The summed E-state index contributed by atoms with van der Waals surface area (Å²) in [5.41, 5.74) is 11.0. The number of carbonyl (C=O) groups is 1. The number of nitrogen functional groups attached to an aromatic ring is 1. The van der Waals surface area contributed by atoms with E-state index in [9.17, 15) is 4.79 Å². The molecule has 0 saturated carbocycles. The summed E-state index contributed by atoms with van der Waals surface area (Å²) in [4.78, 5) is 14.7. The predicted octanol–water partition coefficient (Wildman–Crippen LogP) is 4.02. The Morgan fingerprint density at radius 2 is 1.80 bits per heavy atom. The molecule has 0 spiro atoms. The molecule has 5 heteroatoms. The van der Waals surface area contributed by atoms with Gasteiger partial charge in [-0.05, 0) is 44.7 Å². The first-order chi connectivity index (χ1) is 11.9. The number of piperidine rings is 1. The molecule has 2 aromatic rings. The highest BCUT2D eigenvalue weighted by molar-refractivity contribution is 5.94. The highest BCUT2D eigenvalue weighted by Crippen LogP contribution is 2.36. The highest BCUT2D eigenvalue weighted by atomic mass is 16.5. The van der Waals surface area contributed by atoms with Crippen LogP contribution in [0.3, 0.4) is 0 Å². The van der Waals surface area contributed by atoms with Gasteiger partial charge in [0.05, 0.1) is 5.69 Å². The SMILES string of the molecule is Cc1cc(C)cc(C(=O)N2CCC(c3noc(N)c3C(C)C)CC2)c1. The monoisotopic (exact) mass is 341 g/mol. The Bertz CT molecular complexity index is 751. The van der Waals surface area contributed by atoms with Gasteiger partial charge in [-0.25, -0.2) is 0 Å². The van der Waals surface area contributed by atoms with Crippen LogP contribution in [0.25, 0.3) is 0 Å². The Balaban J connectivity index is 1.71. The van der Waals surface area contributed by atoms with Crippen LogP contribution >= 0.6 is 0 Å². The maximum absolute atomic E-state index is 12.8. The molecule has 0 atom stereocenters. The minimum atomic E-state index is 0.119. The number of amides is 1. The first-order valence-electron chi connectivity index (χ1n) is 8.99. The molecule has 0 aliphatic carbocycles. The summed E-state index contributed by atoms with van der Waals surface area (Å²) >= 11 is 0. The van der Waals surface area contributed by atoms with Crippen LogP contribution in [0.5, 0.6) is 0 Å². The standard InChI is InChI=1S/C20H27N3O2/c1-12(2)17-18(22-25-19(17)21)15-5-7-23(8-6-15)20(24)16-10-13(3)9-14(4)11-16/h9-12,15H,5-8,21H2,1-4H3. The van der Waals surface area contributed by atoms with Crippen LogP contribution < -0.4 is 5.73 Å². The van der Waals surface area contributed by atoms with E-state index >= 15 is 0 Å². The summed E-state index contributed by atoms with van der Waals surface area (Å²) in [6.45, 7) is 9.73. The maximum Gasteiger partial charge on any atom is 0.253 e. The third kappa shape index (κ3) is 3.55. The van der Waals surface area contributed by atoms with E-state index in [1.165, 1.54) is 0 Å². The smallest absolute Gasteiger partial charge is 0.253 e. The lowest BCUT2D eigenvalue weighted by Gasteiger charge is -2.32. The summed E-state index contributed by atoms with van der Waals surface area (Å²) in [6, 6.07) is 6.03. The van der Waals surface area contributed by atoms with Crippen LogP contribution in [-0.2, 0) is 0 Å². The summed E-state index contributed by atoms with van der Waals surface area (Å²) in [6.07, 6.45) is 1.78. The second-order valence-electron chi connectivity index (χ2n) is 7.44. The van der Waals surface area contributed by atoms with Crippen molar-refractivity contribution < 1.29 is 9.32 Å². The van der Waals surface area contributed by atoms with E-state index in [1.54, 1.807) is 0 Å². The number of rotatable bonds is 3. The van der Waals surface area contributed by atoms with Gasteiger partial charge in [-0.15, -0.1) is 0 Å². The van der Waals surface area contributed by atoms with Crippen molar-refractivity contribution in [2.75, 3.05) is 18.8 Å². The average molecular weight is 341 g/mol. The molecule has 0 unspecified atom stereocenters. The van der Waals surface area contributed by atoms with Crippen LogP contribution in [0.4, 0.5) is 5.88 Å². The second-order valence-corrected chi connectivity index (χ2v) is 7.44. The number of hydrogen-bond acceptors (Lipinski definition) is 4. The molecule has 1 aliphatic heterocycles. The van der Waals surface area contributed by atoms with Gasteiger partial charge in [0.1, 0.15) is 0 Å². The number of anilines is 1. The Morgan fingerprint density at radius 1 is 1.20 bits per heavy atom. The van der Waals surface area contributed by atoms with E-state index in [0.29, 0.717) is 11.8 Å². The van der Waals surface area contributed by atoms with E-state index in [4.69, 9.17) is 10.3 Å². The maximum atomic E-state index is 12.8. The fraction of sp³-hybridized carbons (Fsp3) is 0.500. The number of nitrogens with two attached hydrogens (primary N) is 1. The number of likely N-dealkylation sites (tertiary alicyclic amines) is 1. The summed E-state index contributed by atoms with van der Waals surface area (Å²) in [7, 11) is 0. The van der Waals surface area contributed by atoms with Crippen LogP contribution in [-0.4, -0.2) is 29.1 Å². The quantitative estimate of drug-likeness (QED) is 0.915. The number of aromatic nitrogens is 1. The number of carbonyl (C=O) groups excluding carboxylic acids is 1. The zero-order chi connectivity index (χ0) is 18.1. The van der Waals surface area contributed by atoms with Gasteiger partial charge in [0.15, 0.2) is 0 Å². The van der Waals surface area contributed by atoms with Crippen LogP contribution in [0.1, 0.15) is 71.3 Å². The summed E-state index contributed by atoms with van der Waals surface area (Å²) in [5, 5.41) is 4.21. The number of nitrogens with zero attached hydrogens (tertiary/aromatic N) is 2. The van der Waals surface area contributed by atoms with Gasteiger partial charge >= 0.3 is 0 Å². The van der Waals surface area contributed by atoms with E-state index < -0.39 is 0 Å². The minimum absolute atomic E-state index is 0.119. The van der Waals surface area contributed by atoms with E-state index in [0.717, 1.165) is 53.9 Å². The van der Waals surface area contributed by atoms with Gasteiger partial charge in [0, 0.05) is 30.1 Å². The Hall–Kier alpha value is -2.30. The van der Waals surface area contributed by atoms with Gasteiger partial charge in [-0.2, -0.15) is 0 Å². The van der Waals surface area contributed by atoms with Crippen molar-refractivity contribution >= 4 is 11.8 Å². The number of benzene rings is 1. The van der Waals surface area contributed by atoms with Crippen molar-refractivity contribution in [3.8, 4) is 0 Å². The molecule has 5 nitrogen and oxygen atoms in total. The van der Waals surface area contributed by atoms with Gasteiger partial charge in [-0.1, -0.05) is 36.2 Å². The fourth-order valence-electron chi connectivity index (χ4n) is 3.83. The van der Waals surface area contributed by atoms with Crippen LogP contribution in [0.2, 0.25) is 0 Å². The third-order valence-corrected chi connectivity index (χ3v) is 5.00. The van der Waals surface area contributed by atoms with E-state index in [1.807, 2.05) is 30.9 Å². The normalized spacial score (nSPS) is 15.8. The van der Waals surface area contributed by atoms with Gasteiger partial charge in [-0.3, -0.25) is 4.79 Å². The average Bonchev–Trinajstić information content (AvgIpc) is 2.95. The third-order valence-electron chi connectivity index (χ3n) is 5.00. The highest BCUT2D eigenvalue weighted by Gasteiger charge is 2.30. The Morgan fingerprint density at radius 3 is 2.36 bits per heavy atom. The zero-order valence-electron chi connectivity index (χ0n) is 15.5. The molecule has 1 fully saturated rings. The molecule has 0 radical (unpaired) electrons. The van der Waals surface area contributed by atoms with Crippen LogP contribution in [0, 0.1) is 13.8 Å². The molecule has 1 amide bonds. The fourth-order valence-corrected chi connectivity index (χ4v) is 3.83. The lowest BCUT2D eigenvalue weighted by Crippen LogP contribution is -2.38. The number of hydrogen-bond donors (Lipinski definition) is 1. The lowest BCUT2D eigenvalue weighted by molar-refractivity contribution is 0.0711. The molecule has 2 heterocycles. The first kappa shape index (κ1) is 17.5. The van der Waals surface area contributed by atoms with E-state index in [2.05, 4.69) is 25.1 Å². The van der Waals surface area contributed by atoms with Gasteiger partial charge in [0.2, 0.25) is 5.88 Å². The number of aryl methyl sites for hydroxylation is 2. The van der Waals surface area contributed by atoms with Crippen molar-refractivity contribution in [2.24, 2.45) is 0 Å². The van der Waals surface area contributed by atoms with Crippen molar-refractivity contribution in [1.29, 1.82) is 0 Å². The molecule has 1 aliphatic rings. The Kier molecular flexibility index (Phi) is 4.84. The first-order valence-corrected chi connectivity index (χ1v) is 8.99. The molecule has 1 saturated heterocycles. The van der Waals surface area contributed by atoms with Gasteiger partial charge in [0.25, 0.3) is 5.91 Å². The largest absolute Gasteiger partial charge is 0.367 e. The second kappa shape index (κ2) is 6.90. The lowest BCUT2D eigenvalue weighted by atomic mass is 9.88. The molecule has 25 heavy (non-hydrogen) atoms. The molecule has 0 bridgehead atoms. The summed E-state index contributed by atoms with van der Waals surface area (Å²) < 4.78 is 5.23. The molecule has 134 valence electrons. The van der Waals surface area contributed by atoms with Crippen LogP contribution in [0.15, 0.2) is 22.7 Å². The molecule has 1 aromatic heterocycles.